The van der Waals surface area contributed by atoms with E-state index in [1.54, 1.807) is 0 Å². The molecule has 3 amide bonds. The van der Waals surface area contributed by atoms with Gasteiger partial charge >= 0.3 is 0 Å². The number of hydrogen-bond donors (Lipinski definition) is 0. The molecule has 3 fully saturated rings. The zero-order valence-electron chi connectivity index (χ0n) is 18.6. The molecule has 166 valence electrons. The highest BCUT2D eigenvalue weighted by molar-refractivity contribution is 6.11. The lowest BCUT2D eigenvalue weighted by Gasteiger charge is -2.34. The highest BCUT2D eigenvalue weighted by Crippen LogP contribution is 2.45. The van der Waals surface area contributed by atoms with Crippen molar-refractivity contribution in [3.05, 3.63) is 60.2 Å². The van der Waals surface area contributed by atoms with E-state index in [1.165, 1.54) is 4.90 Å². The van der Waals surface area contributed by atoms with Gasteiger partial charge < -0.3 is 4.90 Å². The van der Waals surface area contributed by atoms with Crippen LogP contribution in [-0.4, -0.2) is 46.7 Å². The maximum Gasteiger partial charge on any atom is 0.241 e. The second-order valence-corrected chi connectivity index (χ2v) is 9.77. The molecular weight excluding hydrogens is 400 g/mol. The first kappa shape index (κ1) is 20.9. The number of rotatable bonds is 5. The van der Waals surface area contributed by atoms with Crippen molar-refractivity contribution in [2.45, 2.75) is 56.9 Å². The normalized spacial score (nSPS) is 26.0. The molecule has 2 aliphatic heterocycles. The topological polar surface area (TPSA) is 57.7 Å². The molecule has 2 atom stereocenters. The molecule has 0 spiro atoms. The molecule has 0 radical (unpaired) electrons. The van der Waals surface area contributed by atoms with Crippen LogP contribution in [0.5, 0.6) is 0 Å². The van der Waals surface area contributed by atoms with E-state index in [2.05, 4.69) is 6.92 Å². The Balaban J connectivity index is 1.48. The van der Waals surface area contributed by atoms with Crippen LogP contribution in [0.15, 0.2) is 54.6 Å². The van der Waals surface area contributed by atoms with Gasteiger partial charge in [0.05, 0.1) is 5.41 Å². The second kappa shape index (κ2) is 8.19. The number of benzene rings is 2. The molecular formula is C27H30N2O3. The Hall–Kier alpha value is -2.95. The minimum atomic E-state index is -1.09. The lowest BCUT2D eigenvalue weighted by molar-refractivity contribution is -0.143. The third-order valence-electron chi connectivity index (χ3n) is 7.27. The zero-order valence-corrected chi connectivity index (χ0v) is 18.6. The van der Waals surface area contributed by atoms with Crippen molar-refractivity contribution in [3.8, 4) is 11.1 Å². The number of nitrogens with zero attached hydrogens (tertiary/aromatic N) is 2. The third kappa shape index (κ3) is 3.74. The van der Waals surface area contributed by atoms with Crippen LogP contribution in [0.4, 0.5) is 0 Å². The highest BCUT2D eigenvalue weighted by Gasteiger charge is 2.57. The minimum absolute atomic E-state index is 0.0116. The summed E-state index contributed by atoms with van der Waals surface area (Å²) in [5.74, 6) is 0.139. The van der Waals surface area contributed by atoms with E-state index < -0.39 is 5.41 Å². The molecule has 5 rings (SSSR count). The maximum atomic E-state index is 13.7. The van der Waals surface area contributed by atoms with Crippen molar-refractivity contribution in [1.82, 2.24) is 9.80 Å². The lowest BCUT2D eigenvalue weighted by atomic mass is 9.75. The number of piperidine rings is 1. The van der Waals surface area contributed by atoms with Crippen LogP contribution in [-0.2, 0) is 19.8 Å². The standard InChI is InChI=1S/C27H30N2O3/c1-19-6-5-15-28(18-19)24(30)16-27(17-25(31)29(26(27)32)23-13-14-23)22-11-9-21(10-12-22)20-7-3-2-4-8-20/h2-4,7-12,19,23H,5-6,13-18H2,1H3/t19-,27-/m0/s1. The molecule has 2 aromatic carbocycles. The van der Waals surface area contributed by atoms with E-state index in [0.717, 1.165) is 55.5 Å². The molecule has 5 nitrogen and oxygen atoms in total. The van der Waals surface area contributed by atoms with Crippen LogP contribution < -0.4 is 0 Å². The van der Waals surface area contributed by atoms with Gasteiger partial charge in [0, 0.05) is 32.0 Å². The van der Waals surface area contributed by atoms with Crippen LogP contribution in [0.2, 0.25) is 0 Å². The molecule has 0 aromatic heterocycles. The Labute approximate surface area is 189 Å². The Morgan fingerprint density at radius 2 is 1.66 bits per heavy atom. The van der Waals surface area contributed by atoms with Gasteiger partial charge in [-0.25, -0.2) is 0 Å². The van der Waals surface area contributed by atoms with Gasteiger partial charge in [-0.05, 0) is 48.3 Å². The molecule has 2 saturated heterocycles. The van der Waals surface area contributed by atoms with Gasteiger partial charge in [-0.2, -0.15) is 0 Å². The number of hydrogen-bond acceptors (Lipinski definition) is 3. The molecule has 32 heavy (non-hydrogen) atoms. The van der Waals surface area contributed by atoms with E-state index in [4.69, 9.17) is 0 Å². The van der Waals surface area contributed by atoms with Crippen molar-refractivity contribution in [1.29, 1.82) is 0 Å². The number of carbonyl (C=O) groups is 3. The maximum absolute atomic E-state index is 13.7. The largest absolute Gasteiger partial charge is 0.342 e. The smallest absolute Gasteiger partial charge is 0.241 e. The quantitative estimate of drug-likeness (QED) is 0.670. The number of amides is 3. The van der Waals surface area contributed by atoms with Crippen LogP contribution >= 0.6 is 0 Å². The molecule has 0 N–H and O–H groups in total. The summed E-state index contributed by atoms with van der Waals surface area (Å²) in [6.45, 7) is 3.63. The summed E-state index contributed by atoms with van der Waals surface area (Å²) in [4.78, 5) is 43.3. The average molecular weight is 431 g/mol. The van der Waals surface area contributed by atoms with E-state index in [9.17, 15) is 14.4 Å². The van der Waals surface area contributed by atoms with Gasteiger partial charge in [0.1, 0.15) is 0 Å². The average Bonchev–Trinajstić information content (AvgIpc) is 3.60. The fourth-order valence-electron chi connectivity index (χ4n) is 5.33. The first-order chi connectivity index (χ1) is 15.5. The molecule has 1 saturated carbocycles. The molecule has 3 aliphatic rings. The summed E-state index contributed by atoms with van der Waals surface area (Å²) >= 11 is 0. The molecule has 0 unspecified atom stereocenters. The predicted molar refractivity (Wildman–Crippen MR) is 123 cm³/mol. The van der Waals surface area contributed by atoms with Gasteiger partial charge in [0.15, 0.2) is 0 Å². The SMILES string of the molecule is C[C@H]1CCCN(C(=O)C[C@@]2(c3ccc(-c4ccccc4)cc3)CC(=O)N(C3CC3)C2=O)C1. The zero-order chi connectivity index (χ0) is 22.3. The summed E-state index contributed by atoms with van der Waals surface area (Å²) in [6, 6.07) is 18.0. The summed E-state index contributed by atoms with van der Waals surface area (Å²) in [7, 11) is 0. The summed E-state index contributed by atoms with van der Waals surface area (Å²) in [5.41, 5.74) is 1.83. The van der Waals surface area contributed by atoms with E-state index in [0.29, 0.717) is 5.92 Å². The molecule has 0 bridgehead atoms. The Kier molecular flexibility index (Phi) is 5.36. The molecule has 5 heteroatoms. The summed E-state index contributed by atoms with van der Waals surface area (Å²) < 4.78 is 0. The Bertz CT molecular complexity index is 1030. The van der Waals surface area contributed by atoms with Gasteiger partial charge in [0.2, 0.25) is 17.7 Å². The van der Waals surface area contributed by atoms with Crippen molar-refractivity contribution in [3.63, 3.8) is 0 Å². The van der Waals surface area contributed by atoms with Crippen molar-refractivity contribution in [2.24, 2.45) is 5.92 Å². The summed E-state index contributed by atoms with van der Waals surface area (Å²) in [5, 5.41) is 0. The highest BCUT2D eigenvalue weighted by atomic mass is 16.2. The van der Waals surface area contributed by atoms with Crippen LogP contribution in [0.25, 0.3) is 11.1 Å². The van der Waals surface area contributed by atoms with E-state index in [1.807, 2.05) is 59.5 Å². The number of carbonyl (C=O) groups excluding carboxylic acids is 3. The number of likely N-dealkylation sites (tertiary alicyclic amines) is 2. The van der Waals surface area contributed by atoms with Gasteiger partial charge in [0.25, 0.3) is 0 Å². The summed E-state index contributed by atoms with van der Waals surface area (Å²) in [6.07, 6.45) is 4.02. The fraction of sp³-hybridized carbons (Fsp3) is 0.444. The molecule has 1 aliphatic carbocycles. The van der Waals surface area contributed by atoms with Gasteiger partial charge in [-0.1, -0.05) is 61.5 Å². The van der Waals surface area contributed by atoms with Gasteiger partial charge in [-0.3, -0.25) is 19.3 Å². The minimum Gasteiger partial charge on any atom is -0.342 e. The lowest BCUT2D eigenvalue weighted by Crippen LogP contribution is -2.46. The van der Waals surface area contributed by atoms with Crippen LogP contribution in [0.3, 0.4) is 0 Å². The number of imide groups is 1. The third-order valence-corrected chi connectivity index (χ3v) is 7.27. The van der Waals surface area contributed by atoms with Crippen molar-refractivity contribution < 1.29 is 14.4 Å². The van der Waals surface area contributed by atoms with E-state index in [-0.39, 0.29) is 36.6 Å². The van der Waals surface area contributed by atoms with Crippen LogP contribution in [0, 0.1) is 5.92 Å². The van der Waals surface area contributed by atoms with Gasteiger partial charge in [-0.15, -0.1) is 0 Å². The Morgan fingerprint density at radius 1 is 0.969 bits per heavy atom. The van der Waals surface area contributed by atoms with Crippen molar-refractivity contribution in [2.75, 3.05) is 13.1 Å². The van der Waals surface area contributed by atoms with Crippen LogP contribution in [0.1, 0.15) is 51.0 Å². The monoisotopic (exact) mass is 430 g/mol. The Morgan fingerprint density at radius 3 is 2.31 bits per heavy atom. The first-order valence-electron chi connectivity index (χ1n) is 11.8. The second-order valence-electron chi connectivity index (χ2n) is 9.77. The van der Waals surface area contributed by atoms with Crippen molar-refractivity contribution >= 4 is 17.7 Å². The van der Waals surface area contributed by atoms with E-state index >= 15 is 0 Å². The predicted octanol–water partition coefficient (Wildman–Crippen LogP) is 4.16. The molecule has 2 heterocycles. The first-order valence-corrected chi connectivity index (χ1v) is 11.8. The molecule has 2 aromatic rings. The fourth-order valence-corrected chi connectivity index (χ4v) is 5.33.